The van der Waals surface area contributed by atoms with Crippen LogP contribution in [0, 0.1) is 11.3 Å². The summed E-state index contributed by atoms with van der Waals surface area (Å²) in [7, 11) is 1.60. The fraction of sp³-hybridized carbons (Fsp3) is 0.529. The lowest BCUT2D eigenvalue weighted by molar-refractivity contribution is 0.0954. The third-order valence-corrected chi connectivity index (χ3v) is 3.84. The highest BCUT2D eigenvalue weighted by atomic mass is 16.5. The van der Waals surface area contributed by atoms with Gasteiger partial charge in [-0.05, 0) is 54.9 Å². The van der Waals surface area contributed by atoms with E-state index in [1.165, 1.54) is 6.42 Å². The number of hydrazone groups is 1. The number of hydrogen-bond donors (Lipinski definition) is 1. The van der Waals surface area contributed by atoms with Crippen LogP contribution in [-0.2, 0) is 0 Å². The molecule has 0 bridgehead atoms. The molecule has 0 aromatic heterocycles. The van der Waals surface area contributed by atoms with Crippen LogP contribution in [0.15, 0.2) is 29.4 Å². The second-order valence-electron chi connectivity index (χ2n) is 6.70. The Balaban J connectivity index is 2.00. The van der Waals surface area contributed by atoms with Gasteiger partial charge in [-0.15, -0.1) is 0 Å². The Hall–Kier alpha value is -1.84. The van der Waals surface area contributed by atoms with Gasteiger partial charge in [0.15, 0.2) is 0 Å². The van der Waals surface area contributed by atoms with Crippen LogP contribution in [-0.4, -0.2) is 18.7 Å². The van der Waals surface area contributed by atoms with Gasteiger partial charge in [-0.2, -0.15) is 5.10 Å². The quantitative estimate of drug-likeness (QED) is 0.863. The Kier molecular flexibility index (Phi) is 4.66. The summed E-state index contributed by atoms with van der Waals surface area (Å²) in [5, 5.41) is 4.33. The Bertz CT molecular complexity index is 532. The van der Waals surface area contributed by atoms with E-state index < -0.39 is 0 Å². The van der Waals surface area contributed by atoms with Crippen LogP contribution in [0.3, 0.4) is 0 Å². The van der Waals surface area contributed by atoms with Gasteiger partial charge in [0.2, 0.25) is 0 Å². The molecule has 0 radical (unpaired) electrons. The maximum Gasteiger partial charge on any atom is 0.271 e. The van der Waals surface area contributed by atoms with Gasteiger partial charge in [-0.3, -0.25) is 4.79 Å². The van der Waals surface area contributed by atoms with Crippen molar-refractivity contribution in [2.75, 3.05) is 7.11 Å². The number of hydrogen-bond acceptors (Lipinski definition) is 3. The highest BCUT2D eigenvalue weighted by Crippen LogP contribution is 2.36. The molecule has 0 spiro atoms. The number of rotatable bonds is 3. The van der Waals surface area contributed by atoms with Crippen molar-refractivity contribution in [2.45, 2.75) is 40.0 Å². The van der Waals surface area contributed by atoms with Gasteiger partial charge in [0.05, 0.1) is 7.11 Å². The van der Waals surface area contributed by atoms with Crippen LogP contribution < -0.4 is 10.2 Å². The molecule has 4 heteroatoms. The molecule has 1 aliphatic rings. The molecule has 1 N–H and O–H groups in total. The fourth-order valence-electron chi connectivity index (χ4n) is 3.14. The molecule has 0 heterocycles. The molecule has 1 aliphatic carbocycles. The minimum Gasteiger partial charge on any atom is -0.497 e. The number of nitrogens with zero attached hydrogens (tertiary/aromatic N) is 1. The standard InChI is InChI=1S/C17H24N2O2/c1-12-9-14(11-17(2,3)10-12)18-19-16(20)13-5-7-15(21-4)8-6-13/h5-8,12H,9-11H2,1-4H3,(H,19,20)/b18-14-/t12-/m1/s1. The number of nitrogens with one attached hydrogen (secondary N) is 1. The minimum atomic E-state index is -0.179. The monoisotopic (exact) mass is 288 g/mol. The van der Waals surface area contributed by atoms with E-state index in [9.17, 15) is 4.79 Å². The Morgan fingerprint density at radius 3 is 2.57 bits per heavy atom. The number of carbonyl (C=O) groups excluding carboxylic acids is 1. The molecular weight excluding hydrogens is 264 g/mol. The third kappa shape index (κ3) is 4.31. The zero-order valence-corrected chi connectivity index (χ0v) is 13.3. The van der Waals surface area contributed by atoms with E-state index in [0.717, 1.165) is 24.3 Å². The number of methoxy groups -OCH3 is 1. The first kappa shape index (κ1) is 15.5. The van der Waals surface area contributed by atoms with Crippen LogP contribution in [0.25, 0.3) is 0 Å². The Labute approximate surface area is 126 Å². The molecule has 2 rings (SSSR count). The lowest BCUT2D eigenvalue weighted by atomic mass is 9.72. The predicted molar refractivity (Wildman–Crippen MR) is 84.7 cm³/mol. The van der Waals surface area contributed by atoms with Crippen LogP contribution in [0.5, 0.6) is 5.75 Å². The minimum absolute atomic E-state index is 0.179. The number of ether oxygens (including phenoxy) is 1. The summed E-state index contributed by atoms with van der Waals surface area (Å²) in [6.45, 7) is 6.74. The number of carbonyl (C=O) groups is 1. The van der Waals surface area contributed by atoms with Gasteiger partial charge in [-0.25, -0.2) is 5.43 Å². The number of benzene rings is 1. The molecule has 1 atom stereocenters. The average Bonchev–Trinajstić information content (AvgIpc) is 2.43. The topological polar surface area (TPSA) is 50.7 Å². The smallest absolute Gasteiger partial charge is 0.271 e. The molecule has 1 saturated carbocycles. The van der Waals surface area contributed by atoms with Gasteiger partial charge in [-0.1, -0.05) is 20.8 Å². The number of amides is 1. The molecule has 1 fully saturated rings. The molecule has 21 heavy (non-hydrogen) atoms. The van der Waals surface area contributed by atoms with E-state index in [4.69, 9.17) is 4.74 Å². The summed E-state index contributed by atoms with van der Waals surface area (Å²) in [6.07, 6.45) is 3.12. The van der Waals surface area contributed by atoms with E-state index in [0.29, 0.717) is 11.5 Å². The maximum absolute atomic E-state index is 12.1. The summed E-state index contributed by atoms with van der Waals surface area (Å²) in [6, 6.07) is 7.02. The summed E-state index contributed by atoms with van der Waals surface area (Å²) < 4.78 is 5.08. The van der Waals surface area contributed by atoms with Crippen molar-refractivity contribution >= 4 is 11.6 Å². The molecule has 0 unspecified atom stereocenters. The SMILES string of the molecule is COc1ccc(C(=O)N/N=C2/C[C@@H](C)CC(C)(C)C2)cc1. The van der Waals surface area contributed by atoms with Crippen molar-refractivity contribution in [1.29, 1.82) is 0 Å². The maximum atomic E-state index is 12.1. The first-order valence-corrected chi connectivity index (χ1v) is 7.39. The van der Waals surface area contributed by atoms with Crippen molar-refractivity contribution < 1.29 is 9.53 Å². The predicted octanol–water partition coefficient (Wildman–Crippen LogP) is 3.63. The van der Waals surface area contributed by atoms with E-state index in [1.807, 2.05) is 0 Å². The highest BCUT2D eigenvalue weighted by molar-refractivity contribution is 5.95. The summed E-state index contributed by atoms with van der Waals surface area (Å²) >= 11 is 0. The second kappa shape index (κ2) is 6.29. The molecule has 0 aliphatic heterocycles. The Morgan fingerprint density at radius 1 is 1.33 bits per heavy atom. The van der Waals surface area contributed by atoms with Crippen molar-refractivity contribution in [3.8, 4) is 5.75 Å². The van der Waals surface area contributed by atoms with Crippen LogP contribution in [0.1, 0.15) is 50.4 Å². The molecule has 1 aromatic rings. The van der Waals surface area contributed by atoms with Crippen molar-refractivity contribution in [1.82, 2.24) is 5.43 Å². The fourth-order valence-corrected chi connectivity index (χ4v) is 3.14. The van der Waals surface area contributed by atoms with Gasteiger partial charge >= 0.3 is 0 Å². The third-order valence-electron chi connectivity index (χ3n) is 3.84. The van der Waals surface area contributed by atoms with Gasteiger partial charge in [0, 0.05) is 11.3 Å². The van der Waals surface area contributed by atoms with E-state index in [1.54, 1.807) is 31.4 Å². The van der Waals surface area contributed by atoms with Crippen molar-refractivity contribution in [2.24, 2.45) is 16.4 Å². The van der Waals surface area contributed by atoms with Gasteiger partial charge in [0.1, 0.15) is 5.75 Å². The average molecular weight is 288 g/mol. The summed E-state index contributed by atoms with van der Waals surface area (Å²) in [5.74, 6) is 1.17. The molecule has 0 saturated heterocycles. The molecule has 114 valence electrons. The molecular formula is C17H24N2O2. The van der Waals surface area contributed by atoms with E-state index >= 15 is 0 Å². The largest absolute Gasteiger partial charge is 0.497 e. The van der Waals surface area contributed by atoms with E-state index in [2.05, 4.69) is 31.3 Å². The lowest BCUT2D eigenvalue weighted by Crippen LogP contribution is -2.30. The van der Waals surface area contributed by atoms with Crippen LogP contribution >= 0.6 is 0 Å². The normalized spacial score (nSPS) is 22.9. The van der Waals surface area contributed by atoms with Crippen LogP contribution in [0.4, 0.5) is 0 Å². The zero-order chi connectivity index (χ0) is 15.5. The van der Waals surface area contributed by atoms with Gasteiger partial charge < -0.3 is 4.74 Å². The molecule has 1 amide bonds. The zero-order valence-electron chi connectivity index (χ0n) is 13.3. The summed E-state index contributed by atoms with van der Waals surface area (Å²) in [4.78, 5) is 12.1. The van der Waals surface area contributed by atoms with Gasteiger partial charge in [0.25, 0.3) is 5.91 Å². The first-order chi connectivity index (χ1) is 9.89. The first-order valence-electron chi connectivity index (χ1n) is 7.39. The van der Waals surface area contributed by atoms with Crippen LogP contribution in [0.2, 0.25) is 0 Å². The highest BCUT2D eigenvalue weighted by Gasteiger charge is 2.29. The van der Waals surface area contributed by atoms with Crippen molar-refractivity contribution in [3.05, 3.63) is 29.8 Å². The second-order valence-corrected chi connectivity index (χ2v) is 6.70. The molecule has 1 aromatic carbocycles. The Morgan fingerprint density at radius 2 is 2.00 bits per heavy atom. The lowest BCUT2D eigenvalue weighted by Gasteiger charge is -2.34. The van der Waals surface area contributed by atoms with E-state index in [-0.39, 0.29) is 11.3 Å². The molecule has 4 nitrogen and oxygen atoms in total. The summed E-state index contributed by atoms with van der Waals surface area (Å²) in [5.41, 5.74) is 4.61. The van der Waals surface area contributed by atoms with Crippen molar-refractivity contribution in [3.63, 3.8) is 0 Å².